The molecule has 0 aliphatic heterocycles. The van der Waals surface area contributed by atoms with Crippen LogP contribution in [-0.4, -0.2) is 20.2 Å². The number of anilines is 1. The predicted molar refractivity (Wildman–Crippen MR) is 73.1 cm³/mol. The molecule has 0 radical (unpaired) electrons. The standard InChI is InChI=1S/C15H23NO/c1-15(2,3)11-6-9-14(17-12-7-8-12)13(10-11)16(4)5/h6,9-10,12H,7-8H2,1-5H3. The summed E-state index contributed by atoms with van der Waals surface area (Å²) in [6.07, 6.45) is 2.86. The van der Waals surface area contributed by atoms with Crippen LogP contribution < -0.4 is 9.64 Å². The first-order chi connectivity index (χ1) is 7.88. The van der Waals surface area contributed by atoms with Gasteiger partial charge in [0.15, 0.2) is 0 Å². The molecular formula is C15H23NO. The Morgan fingerprint density at radius 2 is 1.82 bits per heavy atom. The van der Waals surface area contributed by atoms with Crippen molar-refractivity contribution in [1.82, 2.24) is 0 Å². The first kappa shape index (κ1) is 12.3. The van der Waals surface area contributed by atoms with E-state index in [2.05, 4.69) is 58.0 Å². The lowest BCUT2D eigenvalue weighted by molar-refractivity contribution is 0.304. The zero-order valence-corrected chi connectivity index (χ0v) is 11.6. The molecule has 1 fully saturated rings. The Balaban J connectivity index is 2.33. The number of hydrogen-bond donors (Lipinski definition) is 0. The van der Waals surface area contributed by atoms with Crippen LogP contribution in [0.25, 0.3) is 0 Å². The first-order valence-electron chi connectivity index (χ1n) is 6.36. The minimum Gasteiger partial charge on any atom is -0.488 e. The highest BCUT2D eigenvalue weighted by atomic mass is 16.5. The molecule has 0 N–H and O–H groups in total. The average Bonchev–Trinajstić information content (AvgIpc) is 3.00. The molecule has 1 aliphatic carbocycles. The van der Waals surface area contributed by atoms with E-state index in [0.717, 1.165) is 5.75 Å². The molecule has 0 aromatic heterocycles. The molecule has 2 nitrogen and oxygen atoms in total. The molecule has 17 heavy (non-hydrogen) atoms. The summed E-state index contributed by atoms with van der Waals surface area (Å²) >= 11 is 0. The van der Waals surface area contributed by atoms with Crippen LogP contribution in [0.5, 0.6) is 5.75 Å². The fraction of sp³-hybridized carbons (Fsp3) is 0.600. The lowest BCUT2D eigenvalue weighted by atomic mass is 9.86. The Hall–Kier alpha value is -1.18. The second kappa shape index (κ2) is 4.25. The summed E-state index contributed by atoms with van der Waals surface area (Å²) in [7, 11) is 4.14. The highest BCUT2D eigenvalue weighted by Crippen LogP contribution is 2.36. The maximum Gasteiger partial charge on any atom is 0.143 e. The van der Waals surface area contributed by atoms with Gasteiger partial charge in [-0.05, 0) is 36.0 Å². The van der Waals surface area contributed by atoms with Crippen molar-refractivity contribution in [3.63, 3.8) is 0 Å². The third-order valence-electron chi connectivity index (χ3n) is 3.12. The van der Waals surface area contributed by atoms with E-state index in [0.29, 0.717) is 6.10 Å². The van der Waals surface area contributed by atoms with Crippen molar-refractivity contribution >= 4 is 5.69 Å². The van der Waals surface area contributed by atoms with Gasteiger partial charge in [-0.15, -0.1) is 0 Å². The van der Waals surface area contributed by atoms with Crippen molar-refractivity contribution in [2.45, 2.75) is 45.1 Å². The zero-order chi connectivity index (χ0) is 12.6. The van der Waals surface area contributed by atoms with Gasteiger partial charge in [0.25, 0.3) is 0 Å². The van der Waals surface area contributed by atoms with Gasteiger partial charge in [0.1, 0.15) is 5.75 Å². The van der Waals surface area contributed by atoms with E-state index in [1.807, 2.05) is 0 Å². The molecule has 1 saturated carbocycles. The molecule has 0 bridgehead atoms. The maximum absolute atomic E-state index is 5.94. The normalized spacial score (nSPS) is 15.8. The number of ether oxygens (including phenoxy) is 1. The summed E-state index contributed by atoms with van der Waals surface area (Å²) in [6, 6.07) is 6.55. The molecule has 0 heterocycles. The highest BCUT2D eigenvalue weighted by Gasteiger charge is 2.25. The zero-order valence-electron chi connectivity index (χ0n) is 11.6. The Kier molecular flexibility index (Phi) is 3.07. The summed E-state index contributed by atoms with van der Waals surface area (Å²) in [5, 5.41) is 0. The minimum atomic E-state index is 0.183. The highest BCUT2D eigenvalue weighted by molar-refractivity contribution is 5.60. The van der Waals surface area contributed by atoms with Crippen LogP contribution in [0, 0.1) is 0 Å². The molecule has 94 valence electrons. The van der Waals surface area contributed by atoms with E-state index in [1.54, 1.807) is 0 Å². The van der Waals surface area contributed by atoms with Crippen LogP contribution in [0.15, 0.2) is 18.2 Å². The monoisotopic (exact) mass is 233 g/mol. The quantitative estimate of drug-likeness (QED) is 0.791. The summed E-state index contributed by atoms with van der Waals surface area (Å²) in [6.45, 7) is 6.72. The topological polar surface area (TPSA) is 12.5 Å². The average molecular weight is 233 g/mol. The first-order valence-corrected chi connectivity index (χ1v) is 6.36. The van der Waals surface area contributed by atoms with Crippen LogP contribution in [0.3, 0.4) is 0 Å². The largest absolute Gasteiger partial charge is 0.488 e. The smallest absolute Gasteiger partial charge is 0.143 e. The van der Waals surface area contributed by atoms with E-state index in [1.165, 1.54) is 24.1 Å². The van der Waals surface area contributed by atoms with Crippen LogP contribution in [0.4, 0.5) is 5.69 Å². The number of benzene rings is 1. The molecule has 1 aromatic carbocycles. The second-order valence-corrected chi connectivity index (χ2v) is 6.14. The molecule has 2 rings (SSSR count). The van der Waals surface area contributed by atoms with Crippen molar-refractivity contribution in [2.24, 2.45) is 0 Å². The van der Waals surface area contributed by atoms with Crippen LogP contribution in [-0.2, 0) is 5.41 Å². The van der Waals surface area contributed by atoms with E-state index >= 15 is 0 Å². The number of hydrogen-bond acceptors (Lipinski definition) is 2. The third kappa shape index (κ3) is 2.93. The van der Waals surface area contributed by atoms with Crippen molar-refractivity contribution in [2.75, 3.05) is 19.0 Å². The van der Waals surface area contributed by atoms with E-state index in [9.17, 15) is 0 Å². The fourth-order valence-corrected chi connectivity index (χ4v) is 1.80. The molecule has 0 amide bonds. The van der Waals surface area contributed by atoms with E-state index < -0.39 is 0 Å². The van der Waals surface area contributed by atoms with Crippen molar-refractivity contribution in [3.8, 4) is 5.75 Å². The van der Waals surface area contributed by atoms with Gasteiger partial charge in [0, 0.05) is 14.1 Å². The third-order valence-corrected chi connectivity index (χ3v) is 3.12. The van der Waals surface area contributed by atoms with Gasteiger partial charge in [0.2, 0.25) is 0 Å². The second-order valence-electron chi connectivity index (χ2n) is 6.14. The summed E-state index contributed by atoms with van der Waals surface area (Å²) in [4.78, 5) is 2.13. The molecule has 1 aliphatic rings. The van der Waals surface area contributed by atoms with Gasteiger partial charge >= 0.3 is 0 Å². The number of rotatable bonds is 3. The van der Waals surface area contributed by atoms with Gasteiger partial charge in [0.05, 0.1) is 11.8 Å². The van der Waals surface area contributed by atoms with Crippen LogP contribution >= 0.6 is 0 Å². The van der Waals surface area contributed by atoms with Gasteiger partial charge in [-0.25, -0.2) is 0 Å². The maximum atomic E-state index is 5.94. The SMILES string of the molecule is CN(C)c1cc(C(C)(C)C)ccc1OC1CC1. The molecule has 0 spiro atoms. The Bertz CT molecular complexity index is 400. The Labute approximate surface area is 105 Å². The summed E-state index contributed by atoms with van der Waals surface area (Å²) < 4.78 is 5.94. The minimum absolute atomic E-state index is 0.183. The lowest BCUT2D eigenvalue weighted by Crippen LogP contribution is -2.15. The van der Waals surface area contributed by atoms with Crippen LogP contribution in [0.2, 0.25) is 0 Å². The fourth-order valence-electron chi connectivity index (χ4n) is 1.80. The van der Waals surface area contributed by atoms with Gasteiger partial charge in [-0.3, -0.25) is 0 Å². The summed E-state index contributed by atoms with van der Waals surface area (Å²) in [5.41, 5.74) is 2.72. The van der Waals surface area contributed by atoms with Gasteiger partial charge in [-0.1, -0.05) is 26.8 Å². The van der Waals surface area contributed by atoms with E-state index in [-0.39, 0.29) is 5.41 Å². The van der Waals surface area contributed by atoms with Crippen molar-refractivity contribution < 1.29 is 4.74 Å². The van der Waals surface area contributed by atoms with Gasteiger partial charge in [-0.2, -0.15) is 0 Å². The van der Waals surface area contributed by atoms with Gasteiger partial charge < -0.3 is 9.64 Å². The predicted octanol–water partition coefficient (Wildman–Crippen LogP) is 3.59. The van der Waals surface area contributed by atoms with E-state index in [4.69, 9.17) is 4.74 Å². The molecule has 2 heteroatoms. The molecular weight excluding hydrogens is 210 g/mol. The lowest BCUT2D eigenvalue weighted by Gasteiger charge is -2.24. The Morgan fingerprint density at radius 3 is 2.29 bits per heavy atom. The van der Waals surface area contributed by atoms with Crippen molar-refractivity contribution in [3.05, 3.63) is 23.8 Å². The molecule has 0 atom stereocenters. The number of nitrogens with zero attached hydrogens (tertiary/aromatic N) is 1. The molecule has 1 aromatic rings. The van der Waals surface area contributed by atoms with Crippen LogP contribution in [0.1, 0.15) is 39.2 Å². The molecule has 0 saturated heterocycles. The Morgan fingerprint density at radius 1 is 1.18 bits per heavy atom. The molecule has 0 unspecified atom stereocenters. The van der Waals surface area contributed by atoms with Crippen molar-refractivity contribution in [1.29, 1.82) is 0 Å². The summed E-state index contributed by atoms with van der Waals surface area (Å²) in [5.74, 6) is 1.02.